The van der Waals surface area contributed by atoms with E-state index in [1.807, 2.05) is 121 Å². The molecule has 0 aromatic heterocycles. The zero-order valence-electron chi connectivity index (χ0n) is 26.3. The van der Waals surface area contributed by atoms with Gasteiger partial charge in [0.25, 0.3) is 0 Å². The van der Waals surface area contributed by atoms with E-state index in [-0.39, 0.29) is 48.8 Å². The average Bonchev–Trinajstić information content (AvgIpc) is 3.06. The largest absolute Gasteiger partial charge is 0.299 e. The average molecular weight is 609 g/mol. The summed E-state index contributed by atoms with van der Waals surface area (Å²) in [5.41, 5.74) is -0.00906. The molecule has 0 unspecified atom stereocenters. The summed E-state index contributed by atoms with van der Waals surface area (Å²) in [6.45, 7) is 0. The van der Waals surface area contributed by atoms with Gasteiger partial charge in [0.2, 0.25) is 0 Å². The molecule has 0 N–H and O–H groups in total. The van der Waals surface area contributed by atoms with Crippen molar-refractivity contribution in [1.29, 1.82) is 0 Å². The number of carbonyl (C=O) groups excluding carboxylic acids is 4. The van der Waals surface area contributed by atoms with Crippen LogP contribution >= 0.6 is 0 Å². The Kier molecular flexibility index (Phi) is 7.71. The van der Waals surface area contributed by atoms with Crippen LogP contribution in [0.2, 0.25) is 0 Å². The molecule has 8 rings (SSSR count). The molecular formula is C42H40O4. The van der Waals surface area contributed by atoms with Crippen molar-refractivity contribution in [2.45, 2.75) is 64.2 Å². The maximum Gasteiger partial charge on any atom is 0.143 e. The fourth-order valence-corrected chi connectivity index (χ4v) is 9.69. The van der Waals surface area contributed by atoms with Gasteiger partial charge in [-0.25, -0.2) is 0 Å². The molecule has 4 bridgehead atoms. The predicted octanol–water partition coefficient (Wildman–Crippen LogP) is 7.56. The first-order valence-electron chi connectivity index (χ1n) is 16.5. The normalized spacial score (nSPS) is 27.7. The van der Waals surface area contributed by atoms with Crippen LogP contribution in [-0.2, 0) is 44.9 Å². The number of ketones is 4. The molecule has 0 aliphatic heterocycles. The first-order chi connectivity index (χ1) is 22.2. The first kappa shape index (κ1) is 30.2. The Hall–Kier alpha value is -4.44. The zero-order valence-corrected chi connectivity index (χ0v) is 26.3. The van der Waals surface area contributed by atoms with E-state index in [9.17, 15) is 19.2 Å². The molecule has 4 aromatic rings. The molecule has 232 valence electrons. The summed E-state index contributed by atoms with van der Waals surface area (Å²) >= 11 is 0. The third kappa shape index (κ3) is 5.48. The number of carbonyl (C=O) groups is 4. The summed E-state index contributed by atoms with van der Waals surface area (Å²) in [4.78, 5) is 58.8. The van der Waals surface area contributed by atoms with Crippen molar-refractivity contribution in [3.63, 3.8) is 0 Å². The van der Waals surface area contributed by atoms with Crippen LogP contribution in [0.15, 0.2) is 121 Å². The van der Waals surface area contributed by atoms with Gasteiger partial charge in [-0.2, -0.15) is 0 Å². The van der Waals surface area contributed by atoms with Gasteiger partial charge in [-0.15, -0.1) is 0 Å². The lowest BCUT2D eigenvalue weighted by Crippen LogP contribution is -2.69. The van der Waals surface area contributed by atoms with Crippen molar-refractivity contribution in [2.24, 2.45) is 21.7 Å². The van der Waals surface area contributed by atoms with Crippen molar-refractivity contribution in [3.05, 3.63) is 144 Å². The van der Waals surface area contributed by atoms with Gasteiger partial charge in [-0.05, 0) is 60.8 Å². The van der Waals surface area contributed by atoms with E-state index in [0.717, 1.165) is 22.3 Å². The fraction of sp³-hybridized carbons (Fsp3) is 0.333. The summed E-state index contributed by atoms with van der Waals surface area (Å²) < 4.78 is 0. The molecule has 0 radical (unpaired) electrons. The number of hydrogen-bond acceptors (Lipinski definition) is 4. The van der Waals surface area contributed by atoms with Crippen LogP contribution in [0.1, 0.15) is 60.8 Å². The van der Waals surface area contributed by atoms with Crippen molar-refractivity contribution < 1.29 is 19.2 Å². The molecule has 4 heteroatoms. The fourth-order valence-electron chi connectivity index (χ4n) is 9.69. The zero-order chi connectivity index (χ0) is 31.8. The molecule has 0 saturated heterocycles. The molecule has 4 aliphatic rings. The van der Waals surface area contributed by atoms with Crippen molar-refractivity contribution in [2.75, 3.05) is 0 Å². The lowest BCUT2D eigenvalue weighted by Gasteiger charge is -2.68. The minimum absolute atomic E-state index is 0.0588. The van der Waals surface area contributed by atoms with Crippen LogP contribution in [-0.4, -0.2) is 23.1 Å². The van der Waals surface area contributed by atoms with Gasteiger partial charge in [-0.3, -0.25) is 19.2 Å². The summed E-state index contributed by atoms with van der Waals surface area (Å²) in [5.74, 6) is 0.235. The van der Waals surface area contributed by atoms with E-state index in [2.05, 4.69) is 0 Å². The molecule has 4 nitrogen and oxygen atoms in total. The van der Waals surface area contributed by atoms with E-state index in [4.69, 9.17) is 0 Å². The number of rotatable bonds is 12. The molecule has 0 spiro atoms. The number of Topliss-reactive ketones (excluding diaryl/α,β-unsaturated/α-hetero) is 4. The predicted molar refractivity (Wildman–Crippen MR) is 178 cm³/mol. The Morgan fingerprint density at radius 3 is 0.674 bits per heavy atom. The molecule has 4 aliphatic carbocycles. The summed E-state index contributed by atoms with van der Waals surface area (Å²) in [6.07, 6.45) is 3.42. The lowest BCUT2D eigenvalue weighted by atomic mass is 9.32. The van der Waals surface area contributed by atoms with Crippen molar-refractivity contribution in [1.82, 2.24) is 0 Å². The second-order valence-electron chi connectivity index (χ2n) is 14.5. The molecule has 0 heterocycles. The lowest BCUT2D eigenvalue weighted by molar-refractivity contribution is -0.204. The van der Waals surface area contributed by atoms with Crippen LogP contribution in [0.5, 0.6) is 0 Å². The third-order valence-electron chi connectivity index (χ3n) is 11.3. The maximum atomic E-state index is 14.7. The van der Waals surface area contributed by atoms with Crippen LogP contribution < -0.4 is 0 Å². The van der Waals surface area contributed by atoms with Crippen LogP contribution in [0.3, 0.4) is 0 Å². The Morgan fingerprint density at radius 1 is 0.326 bits per heavy atom. The maximum absolute atomic E-state index is 14.7. The van der Waals surface area contributed by atoms with E-state index in [1.165, 1.54) is 0 Å². The second-order valence-corrected chi connectivity index (χ2v) is 14.5. The number of hydrogen-bond donors (Lipinski definition) is 0. The molecule has 4 saturated carbocycles. The van der Waals surface area contributed by atoms with E-state index >= 15 is 0 Å². The Balaban J connectivity index is 1.35. The van der Waals surface area contributed by atoms with Crippen LogP contribution in [0, 0.1) is 21.7 Å². The Labute approximate surface area is 271 Å². The minimum Gasteiger partial charge on any atom is -0.299 e. The van der Waals surface area contributed by atoms with Gasteiger partial charge in [0.1, 0.15) is 23.1 Å². The summed E-state index contributed by atoms with van der Waals surface area (Å²) in [7, 11) is 0. The standard InChI is InChI=1S/C42H40O4/c43-35(21-31-13-5-1-6-14-31)39-25-40(36(44)22-32-15-7-2-8-16-32)28-41(26-39,37(45)23-33-17-9-3-10-18-33)30-42(27-39,29-40)38(46)24-34-19-11-4-12-20-34/h1-20H,21-30H2. The van der Waals surface area contributed by atoms with Crippen molar-refractivity contribution >= 4 is 23.1 Å². The van der Waals surface area contributed by atoms with Gasteiger partial charge in [0.05, 0.1) is 0 Å². The van der Waals surface area contributed by atoms with Crippen LogP contribution in [0.25, 0.3) is 0 Å². The molecule has 46 heavy (non-hydrogen) atoms. The highest BCUT2D eigenvalue weighted by Gasteiger charge is 2.74. The van der Waals surface area contributed by atoms with Gasteiger partial charge in [0, 0.05) is 47.3 Å². The van der Waals surface area contributed by atoms with Gasteiger partial charge >= 0.3 is 0 Å². The highest BCUT2D eigenvalue weighted by atomic mass is 16.1. The summed E-state index contributed by atoms with van der Waals surface area (Å²) in [6, 6.07) is 38.9. The van der Waals surface area contributed by atoms with Crippen LogP contribution in [0.4, 0.5) is 0 Å². The molecule has 4 aromatic carbocycles. The second kappa shape index (κ2) is 11.7. The van der Waals surface area contributed by atoms with E-state index in [0.29, 0.717) is 38.5 Å². The molecular weight excluding hydrogens is 568 g/mol. The highest BCUT2D eigenvalue weighted by Crippen LogP contribution is 2.75. The molecule has 4 fully saturated rings. The van der Waals surface area contributed by atoms with Gasteiger partial charge in [0.15, 0.2) is 0 Å². The minimum atomic E-state index is -0.921. The van der Waals surface area contributed by atoms with Crippen molar-refractivity contribution in [3.8, 4) is 0 Å². The first-order valence-corrected chi connectivity index (χ1v) is 16.5. The van der Waals surface area contributed by atoms with E-state index < -0.39 is 21.7 Å². The quantitative estimate of drug-likeness (QED) is 0.166. The third-order valence-corrected chi connectivity index (χ3v) is 11.3. The smallest absolute Gasteiger partial charge is 0.143 e. The Bertz CT molecular complexity index is 1460. The SMILES string of the molecule is O=C(Cc1ccccc1)C12CC3(C(=O)Cc4ccccc4)CC(C(=O)Cc4ccccc4)(C1)CC(C(=O)Cc1ccccc1)(C2)C3. The van der Waals surface area contributed by atoms with Gasteiger partial charge in [-0.1, -0.05) is 121 Å². The van der Waals surface area contributed by atoms with E-state index in [1.54, 1.807) is 0 Å². The monoisotopic (exact) mass is 608 g/mol. The molecule has 0 amide bonds. The highest BCUT2D eigenvalue weighted by molar-refractivity contribution is 6.00. The molecule has 0 atom stereocenters. The topological polar surface area (TPSA) is 68.3 Å². The number of benzene rings is 4. The summed E-state index contributed by atoms with van der Waals surface area (Å²) in [5, 5.41) is 0. The van der Waals surface area contributed by atoms with Gasteiger partial charge < -0.3 is 0 Å². The Morgan fingerprint density at radius 2 is 0.500 bits per heavy atom.